The number of nitrogens with one attached hydrogen (secondary N) is 1. The molecule has 3 rings (SSSR count). The average Bonchev–Trinajstić information content (AvgIpc) is 3.17. The Bertz CT molecular complexity index is 531. The maximum absolute atomic E-state index is 12.4. The molecular weight excluding hydrogens is 270 g/mol. The molecule has 1 aromatic rings. The third kappa shape index (κ3) is 3.32. The molecule has 2 unspecified atom stereocenters. The van der Waals surface area contributed by atoms with Crippen molar-refractivity contribution in [3.63, 3.8) is 0 Å². The van der Waals surface area contributed by atoms with Crippen molar-refractivity contribution in [1.82, 2.24) is 15.1 Å². The molecule has 0 bridgehead atoms. The average molecular weight is 291 g/mol. The van der Waals surface area contributed by atoms with Crippen LogP contribution in [0.3, 0.4) is 0 Å². The maximum atomic E-state index is 12.4. The van der Waals surface area contributed by atoms with E-state index in [0.29, 0.717) is 6.42 Å². The summed E-state index contributed by atoms with van der Waals surface area (Å²) >= 11 is 0. The van der Waals surface area contributed by atoms with Crippen LogP contribution in [0.15, 0.2) is 16.9 Å². The lowest BCUT2D eigenvalue weighted by Gasteiger charge is -2.24. The Kier molecular flexibility index (Phi) is 4.34. The maximum Gasteiger partial charge on any atom is 0.264 e. The number of aromatic amines is 1. The molecule has 6 nitrogen and oxygen atoms in total. The summed E-state index contributed by atoms with van der Waals surface area (Å²) in [5.74, 6) is 0.168. The molecule has 21 heavy (non-hydrogen) atoms. The predicted molar refractivity (Wildman–Crippen MR) is 76.8 cm³/mol. The van der Waals surface area contributed by atoms with Crippen molar-refractivity contribution < 1.29 is 9.53 Å². The molecule has 114 valence electrons. The number of carbonyl (C=O) groups is 1. The minimum atomic E-state index is -0.215. The first-order valence-electron chi connectivity index (χ1n) is 7.71. The van der Waals surface area contributed by atoms with Gasteiger partial charge in [-0.05, 0) is 38.2 Å². The van der Waals surface area contributed by atoms with E-state index in [1.54, 1.807) is 6.07 Å². The SMILES string of the molecule is O=C(CCC1CCCO1)N1CCCC1c1ccc(=O)[nH]n1. The molecule has 2 aliphatic heterocycles. The van der Waals surface area contributed by atoms with Crippen molar-refractivity contribution in [3.8, 4) is 0 Å². The fraction of sp³-hybridized carbons (Fsp3) is 0.667. The van der Waals surface area contributed by atoms with Crippen LogP contribution in [0.25, 0.3) is 0 Å². The molecule has 0 aliphatic carbocycles. The van der Waals surface area contributed by atoms with Gasteiger partial charge in [0.25, 0.3) is 5.56 Å². The zero-order valence-corrected chi connectivity index (χ0v) is 12.1. The minimum Gasteiger partial charge on any atom is -0.378 e. The van der Waals surface area contributed by atoms with Gasteiger partial charge in [0, 0.05) is 25.6 Å². The summed E-state index contributed by atoms with van der Waals surface area (Å²) in [5, 5.41) is 6.52. The van der Waals surface area contributed by atoms with Crippen molar-refractivity contribution in [2.75, 3.05) is 13.2 Å². The molecule has 2 saturated heterocycles. The number of carbonyl (C=O) groups excluding carboxylic acids is 1. The lowest BCUT2D eigenvalue weighted by Crippen LogP contribution is -2.32. The predicted octanol–water partition coefficient (Wildman–Crippen LogP) is 1.39. The number of aromatic nitrogens is 2. The van der Waals surface area contributed by atoms with Crippen LogP contribution in [0, 0.1) is 0 Å². The highest BCUT2D eigenvalue weighted by Gasteiger charge is 2.31. The smallest absolute Gasteiger partial charge is 0.264 e. The van der Waals surface area contributed by atoms with Crippen molar-refractivity contribution >= 4 is 5.91 Å². The van der Waals surface area contributed by atoms with Gasteiger partial charge in [0.2, 0.25) is 5.91 Å². The van der Waals surface area contributed by atoms with Crippen LogP contribution in [0.2, 0.25) is 0 Å². The minimum absolute atomic E-state index is 0.00107. The van der Waals surface area contributed by atoms with Gasteiger partial charge in [0.15, 0.2) is 0 Å². The molecule has 0 saturated carbocycles. The largest absolute Gasteiger partial charge is 0.378 e. The van der Waals surface area contributed by atoms with Crippen LogP contribution in [0.5, 0.6) is 0 Å². The van der Waals surface area contributed by atoms with Crippen LogP contribution >= 0.6 is 0 Å². The van der Waals surface area contributed by atoms with Crippen LogP contribution in [0.1, 0.15) is 50.3 Å². The van der Waals surface area contributed by atoms with Gasteiger partial charge in [-0.25, -0.2) is 5.10 Å². The van der Waals surface area contributed by atoms with Crippen LogP contribution in [-0.4, -0.2) is 40.3 Å². The number of hydrogen-bond acceptors (Lipinski definition) is 4. The lowest BCUT2D eigenvalue weighted by atomic mass is 10.1. The van der Waals surface area contributed by atoms with E-state index in [1.807, 2.05) is 4.90 Å². The molecule has 3 heterocycles. The van der Waals surface area contributed by atoms with Gasteiger partial charge in [-0.3, -0.25) is 9.59 Å². The molecule has 2 aliphatic rings. The fourth-order valence-corrected chi connectivity index (χ4v) is 3.21. The summed E-state index contributed by atoms with van der Waals surface area (Å²) in [5.41, 5.74) is 0.561. The third-order valence-corrected chi connectivity index (χ3v) is 4.32. The zero-order valence-electron chi connectivity index (χ0n) is 12.1. The monoisotopic (exact) mass is 291 g/mol. The number of nitrogens with zero attached hydrogens (tertiary/aromatic N) is 2. The summed E-state index contributed by atoms with van der Waals surface area (Å²) in [6.07, 6.45) is 5.65. The first-order chi connectivity index (χ1) is 10.2. The van der Waals surface area contributed by atoms with Gasteiger partial charge in [-0.1, -0.05) is 0 Å². The van der Waals surface area contributed by atoms with Crippen molar-refractivity contribution in [3.05, 3.63) is 28.2 Å². The first-order valence-corrected chi connectivity index (χ1v) is 7.71. The normalized spacial score (nSPS) is 25.4. The van der Waals surface area contributed by atoms with Gasteiger partial charge in [-0.2, -0.15) is 5.10 Å². The molecule has 0 spiro atoms. The van der Waals surface area contributed by atoms with E-state index >= 15 is 0 Å². The molecule has 6 heteroatoms. The van der Waals surface area contributed by atoms with Gasteiger partial charge >= 0.3 is 0 Å². The fourth-order valence-electron chi connectivity index (χ4n) is 3.21. The summed E-state index contributed by atoms with van der Waals surface area (Å²) in [6, 6.07) is 3.18. The summed E-state index contributed by atoms with van der Waals surface area (Å²) in [7, 11) is 0. The highest BCUT2D eigenvalue weighted by molar-refractivity contribution is 5.77. The molecule has 2 fully saturated rings. The van der Waals surface area contributed by atoms with Gasteiger partial charge in [-0.15, -0.1) is 0 Å². The number of hydrogen-bond donors (Lipinski definition) is 1. The van der Waals surface area contributed by atoms with Gasteiger partial charge in [0.1, 0.15) is 0 Å². The number of H-pyrrole nitrogens is 1. The van der Waals surface area contributed by atoms with E-state index in [2.05, 4.69) is 10.2 Å². The van der Waals surface area contributed by atoms with E-state index in [1.165, 1.54) is 6.07 Å². The van der Waals surface area contributed by atoms with E-state index in [0.717, 1.165) is 50.9 Å². The topological polar surface area (TPSA) is 75.3 Å². The Hall–Kier alpha value is -1.69. The lowest BCUT2D eigenvalue weighted by molar-refractivity contribution is -0.132. The molecule has 1 aromatic heterocycles. The Balaban J connectivity index is 1.61. The van der Waals surface area contributed by atoms with Crippen LogP contribution in [0.4, 0.5) is 0 Å². The first kappa shape index (κ1) is 14.3. The molecule has 2 atom stereocenters. The van der Waals surface area contributed by atoms with E-state index in [4.69, 9.17) is 4.74 Å². The quantitative estimate of drug-likeness (QED) is 0.909. The second-order valence-corrected chi connectivity index (χ2v) is 5.76. The molecule has 0 aromatic carbocycles. The van der Waals surface area contributed by atoms with Crippen molar-refractivity contribution in [1.29, 1.82) is 0 Å². The second-order valence-electron chi connectivity index (χ2n) is 5.76. The molecule has 1 N–H and O–H groups in total. The van der Waals surface area contributed by atoms with Crippen LogP contribution in [-0.2, 0) is 9.53 Å². The number of likely N-dealkylation sites (tertiary alicyclic amines) is 1. The van der Waals surface area contributed by atoms with Gasteiger partial charge < -0.3 is 9.64 Å². The standard InChI is InChI=1S/C15H21N3O3/c19-14-7-6-12(16-17-14)13-4-1-9-18(13)15(20)8-5-11-3-2-10-21-11/h6-7,11,13H,1-5,8-10H2,(H,17,19). The number of rotatable bonds is 4. The van der Waals surface area contributed by atoms with Crippen molar-refractivity contribution in [2.45, 2.75) is 50.7 Å². The Labute approximate surface area is 123 Å². The number of ether oxygens (including phenoxy) is 1. The summed E-state index contributed by atoms with van der Waals surface area (Å²) in [4.78, 5) is 25.4. The Morgan fingerprint density at radius 1 is 1.38 bits per heavy atom. The third-order valence-electron chi connectivity index (χ3n) is 4.32. The highest BCUT2D eigenvalue weighted by atomic mass is 16.5. The Morgan fingerprint density at radius 2 is 2.29 bits per heavy atom. The molecule has 1 amide bonds. The van der Waals surface area contributed by atoms with E-state index in [9.17, 15) is 9.59 Å². The van der Waals surface area contributed by atoms with Crippen molar-refractivity contribution in [2.24, 2.45) is 0 Å². The highest BCUT2D eigenvalue weighted by Crippen LogP contribution is 2.31. The Morgan fingerprint density at radius 3 is 3.00 bits per heavy atom. The molecule has 0 radical (unpaired) electrons. The van der Waals surface area contributed by atoms with E-state index in [-0.39, 0.29) is 23.6 Å². The van der Waals surface area contributed by atoms with E-state index < -0.39 is 0 Å². The summed E-state index contributed by atoms with van der Waals surface area (Å²) < 4.78 is 5.57. The molecular formula is C15H21N3O3. The number of amides is 1. The van der Waals surface area contributed by atoms with Gasteiger partial charge in [0.05, 0.1) is 17.8 Å². The van der Waals surface area contributed by atoms with Crippen LogP contribution < -0.4 is 5.56 Å². The summed E-state index contributed by atoms with van der Waals surface area (Å²) in [6.45, 7) is 1.60. The second kappa shape index (κ2) is 6.39. The zero-order chi connectivity index (χ0) is 14.7.